The van der Waals surface area contributed by atoms with Crippen LogP contribution in [0, 0.1) is 0 Å². The Morgan fingerprint density at radius 2 is 1.71 bits per heavy atom. The van der Waals surface area contributed by atoms with Gasteiger partial charge in [0.2, 0.25) is 5.91 Å². The van der Waals surface area contributed by atoms with Crippen molar-refractivity contribution in [2.24, 2.45) is 0 Å². The summed E-state index contributed by atoms with van der Waals surface area (Å²) in [4.78, 5) is 23.6. The highest BCUT2D eigenvalue weighted by molar-refractivity contribution is 5.96. The SMILES string of the molecule is O=C(/C=C(\c1ccccc1)C(F)(F)F)NCCc1ccc(OCC(=O)NC2CC2)cc1. The Morgan fingerprint density at radius 1 is 1.03 bits per heavy atom. The molecule has 5 nitrogen and oxygen atoms in total. The molecule has 0 aliphatic heterocycles. The number of hydrogen-bond acceptors (Lipinski definition) is 3. The van der Waals surface area contributed by atoms with Gasteiger partial charge in [-0.15, -0.1) is 0 Å². The molecule has 0 heterocycles. The van der Waals surface area contributed by atoms with Crippen LogP contribution in [0.25, 0.3) is 5.57 Å². The molecular formula is C23H23F3N2O3. The van der Waals surface area contributed by atoms with Crippen molar-refractivity contribution in [3.05, 3.63) is 71.8 Å². The molecule has 2 aromatic carbocycles. The second-order valence-electron chi connectivity index (χ2n) is 7.24. The summed E-state index contributed by atoms with van der Waals surface area (Å²) in [5.41, 5.74) is -0.178. The van der Waals surface area contributed by atoms with Gasteiger partial charge in [-0.1, -0.05) is 42.5 Å². The first-order valence-electron chi connectivity index (χ1n) is 9.94. The Labute approximate surface area is 178 Å². The first-order chi connectivity index (χ1) is 14.8. The smallest absolute Gasteiger partial charge is 0.417 e. The maximum Gasteiger partial charge on any atom is 0.417 e. The third-order valence-corrected chi connectivity index (χ3v) is 4.61. The van der Waals surface area contributed by atoms with E-state index in [2.05, 4.69) is 10.6 Å². The molecule has 8 heteroatoms. The van der Waals surface area contributed by atoms with E-state index in [0.717, 1.165) is 18.4 Å². The molecule has 1 fully saturated rings. The normalized spacial score (nSPS) is 14.1. The van der Waals surface area contributed by atoms with E-state index < -0.39 is 17.7 Å². The largest absolute Gasteiger partial charge is 0.484 e. The van der Waals surface area contributed by atoms with Crippen molar-refractivity contribution in [1.82, 2.24) is 10.6 Å². The molecule has 0 spiro atoms. The second kappa shape index (κ2) is 10.1. The van der Waals surface area contributed by atoms with Crippen molar-refractivity contribution < 1.29 is 27.5 Å². The highest BCUT2D eigenvalue weighted by Gasteiger charge is 2.35. The van der Waals surface area contributed by atoms with E-state index >= 15 is 0 Å². The summed E-state index contributed by atoms with van der Waals surface area (Å²) < 4.78 is 45.3. The topological polar surface area (TPSA) is 67.4 Å². The standard InChI is InChI=1S/C23H23F3N2O3/c24-23(25,26)20(17-4-2-1-3-5-17)14-21(29)27-13-12-16-6-10-19(11-7-16)31-15-22(30)28-18-8-9-18/h1-7,10-11,14,18H,8-9,12-13,15H2,(H,27,29)(H,28,30)/b20-14+. The molecule has 0 bridgehead atoms. The number of ether oxygens (including phenoxy) is 1. The fourth-order valence-electron chi connectivity index (χ4n) is 2.86. The van der Waals surface area contributed by atoms with Gasteiger partial charge in [-0.25, -0.2) is 0 Å². The van der Waals surface area contributed by atoms with Gasteiger partial charge in [-0.3, -0.25) is 9.59 Å². The lowest BCUT2D eigenvalue weighted by Crippen LogP contribution is -2.30. The lowest BCUT2D eigenvalue weighted by atomic mass is 10.1. The Balaban J connectivity index is 1.47. The van der Waals surface area contributed by atoms with Crippen LogP contribution in [0.15, 0.2) is 60.7 Å². The third kappa shape index (κ3) is 7.47. The second-order valence-corrected chi connectivity index (χ2v) is 7.24. The van der Waals surface area contributed by atoms with Crippen molar-refractivity contribution >= 4 is 17.4 Å². The number of rotatable bonds is 9. The lowest BCUT2D eigenvalue weighted by molar-refractivity contribution is -0.123. The van der Waals surface area contributed by atoms with Crippen LogP contribution in [0.2, 0.25) is 0 Å². The van der Waals surface area contributed by atoms with Crippen LogP contribution >= 0.6 is 0 Å². The number of carbonyl (C=O) groups is 2. The predicted octanol–water partition coefficient (Wildman–Crippen LogP) is 3.65. The van der Waals surface area contributed by atoms with Crippen molar-refractivity contribution in [1.29, 1.82) is 0 Å². The van der Waals surface area contributed by atoms with Gasteiger partial charge in [-0.05, 0) is 42.5 Å². The summed E-state index contributed by atoms with van der Waals surface area (Å²) in [6, 6.07) is 14.5. The predicted molar refractivity (Wildman–Crippen MR) is 110 cm³/mol. The molecule has 31 heavy (non-hydrogen) atoms. The highest BCUT2D eigenvalue weighted by Crippen LogP contribution is 2.33. The first-order valence-corrected chi connectivity index (χ1v) is 9.94. The molecule has 0 saturated heterocycles. The van der Waals surface area contributed by atoms with Gasteiger partial charge in [0, 0.05) is 18.7 Å². The summed E-state index contributed by atoms with van der Waals surface area (Å²) in [6.45, 7) is 0.125. The minimum Gasteiger partial charge on any atom is -0.484 e. The molecular weight excluding hydrogens is 409 g/mol. The molecule has 2 N–H and O–H groups in total. The van der Waals surface area contributed by atoms with Crippen LogP contribution in [-0.4, -0.2) is 37.2 Å². The molecule has 2 aromatic rings. The number of hydrogen-bond donors (Lipinski definition) is 2. The summed E-state index contributed by atoms with van der Waals surface area (Å²) in [5.74, 6) is -0.423. The van der Waals surface area contributed by atoms with Crippen molar-refractivity contribution in [2.75, 3.05) is 13.2 Å². The summed E-state index contributed by atoms with van der Waals surface area (Å²) in [5, 5.41) is 5.31. The number of amides is 2. The van der Waals surface area contributed by atoms with Crippen LogP contribution in [0.4, 0.5) is 13.2 Å². The average Bonchev–Trinajstić information content (AvgIpc) is 3.55. The van der Waals surface area contributed by atoms with Crippen LogP contribution in [-0.2, 0) is 16.0 Å². The Hall–Kier alpha value is -3.29. The minimum atomic E-state index is -4.63. The maximum absolute atomic E-state index is 13.3. The van der Waals surface area contributed by atoms with E-state index in [-0.39, 0.29) is 30.7 Å². The fourth-order valence-corrected chi connectivity index (χ4v) is 2.86. The first kappa shape index (κ1) is 22.4. The molecule has 3 rings (SSSR count). The van der Waals surface area contributed by atoms with Crippen LogP contribution < -0.4 is 15.4 Å². The summed E-state index contributed by atoms with van der Waals surface area (Å²) >= 11 is 0. The van der Waals surface area contributed by atoms with Gasteiger partial charge in [0.25, 0.3) is 5.91 Å². The quantitative estimate of drug-likeness (QED) is 0.595. The molecule has 2 amide bonds. The van der Waals surface area contributed by atoms with E-state index in [1.807, 2.05) is 0 Å². The summed E-state index contributed by atoms with van der Waals surface area (Å²) in [7, 11) is 0. The molecule has 1 aliphatic carbocycles. The van der Waals surface area contributed by atoms with Crippen molar-refractivity contribution in [3.8, 4) is 5.75 Å². The minimum absolute atomic E-state index is 0.0544. The zero-order chi connectivity index (χ0) is 22.3. The zero-order valence-electron chi connectivity index (χ0n) is 16.7. The highest BCUT2D eigenvalue weighted by atomic mass is 19.4. The van der Waals surface area contributed by atoms with E-state index in [0.29, 0.717) is 18.2 Å². The molecule has 0 radical (unpaired) electrons. The van der Waals surface area contributed by atoms with E-state index in [1.165, 1.54) is 24.3 Å². The molecule has 0 atom stereocenters. The van der Waals surface area contributed by atoms with Gasteiger partial charge >= 0.3 is 6.18 Å². The van der Waals surface area contributed by atoms with Crippen LogP contribution in [0.1, 0.15) is 24.0 Å². The van der Waals surface area contributed by atoms with Crippen LogP contribution in [0.5, 0.6) is 5.75 Å². The maximum atomic E-state index is 13.3. The number of alkyl halides is 3. The average molecular weight is 432 g/mol. The number of halogens is 3. The number of carbonyl (C=O) groups excluding carboxylic acids is 2. The number of allylic oxidation sites excluding steroid dienone is 1. The van der Waals surface area contributed by atoms with Gasteiger partial charge in [0.15, 0.2) is 6.61 Å². The Bertz CT molecular complexity index is 921. The molecule has 164 valence electrons. The Kier molecular flexibility index (Phi) is 7.33. The Morgan fingerprint density at radius 3 is 2.32 bits per heavy atom. The molecule has 1 aliphatic rings. The van der Waals surface area contributed by atoms with E-state index in [1.54, 1.807) is 30.3 Å². The monoisotopic (exact) mass is 432 g/mol. The fraction of sp³-hybridized carbons (Fsp3) is 0.304. The van der Waals surface area contributed by atoms with Crippen LogP contribution in [0.3, 0.4) is 0 Å². The van der Waals surface area contributed by atoms with E-state index in [4.69, 9.17) is 4.74 Å². The van der Waals surface area contributed by atoms with Crippen molar-refractivity contribution in [2.45, 2.75) is 31.5 Å². The van der Waals surface area contributed by atoms with Crippen molar-refractivity contribution in [3.63, 3.8) is 0 Å². The zero-order valence-corrected chi connectivity index (χ0v) is 16.7. The lowest BCUT2D eigenvalue weighted by Gasteiger charge is -2.12. The third-order valence-electron chi connectivity index (χ3n) is 4.61. The van der Waals surface area contributed by atoms with Gasteiger partial charge in [0.1, 0.15) is 5.75 Å². The molecule has 0 aromatic heterocycles. The molecule has 0 unspecified atom stereocenters. The van der Waals surface area contributed by atoms with E-state index in [9.17, 15) is 22.8 Å². The summed E-state index contributed by atoms with van der Waals surface area (Å²) in [6.07, 6.45) is -1.59. The number of benzene rings is 2. The number of nitrogens with one attached hydrogen (secondary N) is 2. The van der Waals surface area contributed by atoms with Gasteiger partial charge in [0.05, 0.1) is 5.57 Å². The molecule has 1 saturated carbocycles. The van der Waals surface area contributed by atoms with Gasteiger partial charge < -0.3 is 15.4 Å². The van der Waals surface area contributed by atoms with Gasteiger partial charge in [-0.2, -0.15) is 13.2 Å².